The topological polar surface area (TPSA) is 61.5 Å². The van der Waals surface area contributed by atoms with E-state index in [2.05, 4.69) is 11.7 Å². The Balaban J connectivity index is 2.85. The summed E-state index contributed by atoms with van der Waals surface area (Å²) in [5, 5.41) is 0. The van der Waals surface area contributed by atoms with E-state index < -0.39 is 5.97 Å². The molecule has 0 aliphatic carbocycles. The van der Waals surface area contributed by atoms with Crippen molar-refractivity contribution in [3.63, 3.8) is 0 Å². The second-order valence-electron chi connectivity index (χ2n) is 3.96. The van der Waals surface area contributed by atoms with Gasteiger partial charge in [0, 0.05) is 5.69 Å². The Morgan fingerprint density at radius 2 is 2.18 bits per heavy atom. The Bertz CT molecular complexity index is 390. The second kappa shape index (κ2) is 6.13. The van der Waals surface area contributed by atoms with E-state index in [1.54, 1.807) is 18.2 Å². The van der Waals surface area contributed by atoms with Gasteiger partial charge >= 0.3 is 5.97 Å². The van der Waals surface area contributed by atoms with Crippen LogP contribution in [0.1, 0.15) is 37.0 Å². The molecule has 0 radical (unpaired) electrons. The fourth-order valence-electron chi connectivity index (χ4n) is 1.59. The van der Waals surface area contributed by atoms with Crippen molar-refractivity contribution in [2.24, 2.45) is 0 Å². The van der Waals surface area contributed by atoms with Crippen molar-refractivity contribution in [3.05, 3.63) is 23.8 Å². The second-order valence-corrected chi connectivity index (χ2v) is 3.96. The summed E-state index contributed by atoms with van der Waals surface area (Å²) in [5.74, 6) is 0.191. The van der Waals surface area contributed by atoms with Crippen LogP contribution in [0.25, 0.3) is 0 Å². The molecule has 0 bridgehead atoms. The van der Waals surface area contributed by atoms with Gasteiger partial charge in [-0.2, -0.15) is 0 Å². The fraction of sp³-hybridized carbons (Fsp3) is 0.462. The number of carbonyl (C=O) groups excluding carboxylic acids is 1. The van der Waals surface area contributed by atoms with Crippen LogP contribution in [-0.4, -0.2) is 19.2 Å². The standard InChI is InChI=1S/C13H19NO3/c1-4-5-9(2)17-10-6-7-12(14)11(8-10)13(15)16-3/h6-9H,4-5,14H2,1-3H3. The number of hydrogen-bond acceptors (Lipinski definition) is 4. The normalized spacial score (nSPS) is 11.9. The van der Waals surface area contributed by atoms with E-state index in [9.17, 15) is 4.79 Å². The van der Waals surface area contributed by atoms with Crippen molar-refractivity contribution < 1.29 is 14.3 Å². The number of nitrogen functional groups attached to an aromatic ring is 1. The van der Waals surface area contributed by atoms with Crippen LogP contribution in [0.4, 0.5) is 5.69 Å². The third-order valence-corrected chi connectivity index (χ3v) is 2.46. The highest BCUT2D eigenvalue weighted by atomic mass is 16.5. The van der Waals surface area contributed by atoms with Crippen LogP contribution in [-0.2, 0) is 4.74 Å². The summed E-state index contributed by atoms with van der Waals surface area (Å²) >= 11 is 0. The van der Waals surface area contributed by atoms with Gasteiger partial charge in [-0.25, -0.2) is 4.79 Å². The number of carbonyl (C=O) groups is 1. The molecule has 0 fully saturated rings. The zero-order valence-corrected chi connectivity index (χ0v) is 10.5. The summed E-state index contributed by atoms with van der Waals surface area (Å²) in [7, 11) is 1.33. The Hall–Kier alpha value is -1.71. The molecule has 0 saturated carbocycles. The van der Waals surface area contributed by atoms with Crippen LogP contribution >= 0.6 is 0 Å². The minimum absolute atomic E-state index is 0.120. The molecule has 1 aromatic rings. The van der Waals surface area contributed by atoms with E-state index in [4.69, 9.17) is 10.5 Å². The van der Waals surface area contributed by atoms with Crippen molar-refractivity contribution in [1.82, 2.24) is 0 Å². The van der Waals surface area contributed by atoms with E-state index in [0.29, 0.717) is 17.0 Å². The largest absolute Gasteiger partial charge is 0.491 e. The first-order chi connectivity index (χ1) is 8.08. The van der Waals surface area contributed by atoms with Gasteiger partial charge < -0.3 is 15.2 Å². The monoisotopic (exact) mass is 237 g/mol. The van der Waals surface area contributed by atoms with Crippen LogP contribution in [0.5, 0.6) is 5.75 Å². The van der Waals surface area contributed by atoms with E-state index in [1.807, 2.05) is 6.92 Å². The number of hydrogen-bond donors (Lipinski definition) is 1. The van der Waals surface area contributed by atoms with Crippen molar-refractivity contribution in [2.45, 2.75) is 32.8 Å². The third kappa shape index (κ3) is 3.66. The maximum absolute atomic E-state index is 11.4. The van der Waals surface area contributed by atoms with Gasteiger partial charge in [-0.15, -0.1) is 0 Å². The molecule has 4 nitrogen and oxygen atoms in total. The van der Waals surface area contributed by atoms with Gasteiger partial charge in [-0.05, 0) is 31.5 Å². The van der Waals surface area contributed by atoms with E-state index >= 15 is 0 Å². The van der Waals surface area contributed by atoms with E-state index in [1.165, 1.54) is 7.11 Å². The maximum Gasteiger partial charge on any atom is 0.340 e. The van der Waals surface area contributed by atoms with Gasteiger partial charge in [0.05, 0.1) is 18.8 Å². The highest BCUT2D eigenvalue weighted by Crippen LogP contribution is 2.22. The Morgan fingerprint density at radius 3 is 2.76 bits per heavy atom. The maximum atomic E-state index is 11.4. The first kappa shape index (κ1) is 13.4. The molecule has 0 spiro atoms. The van der Waals surface area contributed by atoms with E-state index in [0.717, 1.165) is 12.8 Å². The van der Waals surface area contributed by atoms with Gasteiger partial charge in [0.15, 0.2) is 0 Å². The number of rotatable bonds is 5. The predicted molar refractivity (Wildman–Crippen MR) is 67.2 cm³/mol. The van der Waals surface area contributed by atoms with Crippen molar-refractivity contribution in [1.29, 1.82) is 0 Å². The van der Waals surface area contributed by atoms with Crippen molar-refractivity contribution >= 4 is 11.7 Å². The van der Waals surface area contributed by atoms with Crippen LogP contribution in [0, 0.1) is 0 Å². The first-order valence-corrected chi connectivity index (χ1v) is 5.73. The average molecular weight is 237 g/mol. The van der Waals surface area contributed by atoms with Crippen LogP contribution in [0.2, 0.25) is 0 Å². The number of anilines is 1. The molecule has 4 heteroatoms. The van der Waals surface area contributed by atoms with Gasteiger partial charge in [0.25, 0.3) is 0 Å². The molecule has 0 heterocycles. The molecule has 1 rings (SSSR count). The van der Waals surface area contributed by atoms with Gasteiger partial charge in [-0.3, -0.25) is 0 Å². The lowest BCUT2D eigenvalue weighted by Crippen LogP contribution is -2.12. The third-order valence-electron chi connectivity index (χ3n) is 2.46. The molecule has 0 amide bonds. The van der Waals surface area contributed by atoms with Gasteiger partial charge in [-0.1, -0.05) is 13.3 Å². The minimum Gasteiger partial charge on any atom is -0.491 e. The van der Waals surface area contributed by atoms with Crippen molar-refractivity contribution in [3.8, 4) is 5.75 Å². The first-order valence-electron chi connectivity index (χ1n) is 5.73. The molecule has 94 valence electrons. The van der Waals surface area contributed by atoms with E-state index in [-0.39, 0.29) is 6.10 Å². The Kier molecular flexibility index (Phi) is 4.82. The molecule has 0 aliphatic heterocycles. The average Bonchev–Trinajstić information content (AvgIpc) is 2.31. The zero-order chi connectivity index (χ0) is 12.8. The molecular formula is C13H19NO3. The summed E-state index contributed by atoms with van der Waals surface area (Å²) in [5.41, 5.74) is 6.44. The van der Waals surface area contributed by atoms with Crippen molar-refractivity contribution in [2.75, 3.05) is 12.8 Å². The number of ether oxygens (including phenoxy) is 2. The summed E-state index contributed by atoms with van der Waals surface area (Å²) in [4.78, 5) is 11.4. The summed E-state index contributed by atoms with van der Waals surface area (Å²) in [6.07, 6.45) is 2.15. The highest BCUT2D eigenvalue weighted by Gasteiger charge is 2.12. The SMILES string of the molecule is CCCC(C)Oc1ccc(N)c(C(=O)OC)c1. The van der Waals surface area contributed by atoms with Crippen LogP contribution < -0.4 is 10.5 Å². The summed E-state index contributed by atoms with van der Waals surface area (Å²) in [6, 6.07) is 5.03. The highest BCUT2D eigenvalue weighted by molar-refractivity contribution is 5.95. The van der Waals surface area contributed by atoms with Gasteiger partial charge in [0.2, 0.25) is 0 Å². The van der Waals surface area contributed by atoms with Gasteiger partial charge in [0.1, 0.15) is 5.75 Å². The summed E-state index contributed by atoms with van der Waals surface area (Å²) < 4.78 is 10.3. The molecule has 1 aromatic carbocycles. The smallest absolute Gasteiger partial charge is 0.340 e. The number of benzene rings is 1. The Morgan fingerprint density at radius 1 is 1.47 bits per heavy atom. The molecule has 2 N–H and O–H groups in total. The molecule has 1 atom stereocenters. The minimum atomic E-state index is -0.448. The number of esters is 1. The summed E-state index contributed by atoms with van der Waals surface area (Å²) in [6.45, 7) is 4.10. The zero-order valence-electron chi connectivity index (χ0n) is 10.5. The molecule has 0 aromatic heterocycles. The lowest BCUT2D eigenvalue weighted by atomic mass is 10.1. The molecular weight excluding hydrogens is 218 g/mol. The van der Waals surface area contributed by atoms with Crippen LogP contribution in [0.15, 0.2) is 18.2 Å². The van der Waals surface area contributed by atoms with Crippen LogP contribution in [0.3, 0.4) is 0 Å². The lowest BCUT2D eigenvalue weighted by Gasteiger charge is -2.14. The fourth-order valence-corrected chi connectivity index (χ4v) is 1.59. The molecule has 0 saturated heterocycles. The lowest BCUT2D eigenvalue weighted by molar-refractivity contribution is 0.0601. The molecule has 1 unspecified atom stereocenters. The molecule has 17 heavy (non-hydrogen) atoms. The Labute approximate surface area is 102 Å². The number of nitrogens with two attached hydrogens (primary N) is 1. The molecule has 0 aliphatic rings. The number of methoxy groups -OCH3 is 1. The quantitative estimate of drug-likeness (QED) is 0.631. The predicted octanol–water partition coefficient (Wildman–Crippen LogP) is 2.62.